The summed E-state index contributed by atoms with van der Waals surface area (Å²) in [5.41, 5.74) is 0.933. The minimum atomic E-state index is -0.536. The molecule has 220 valence electrons. The van der Waals surface area contributed by atoms with E-state index in [9.17, 15) is 19.7 Å². The zero-order valence-corrected chi connectivity index (χ0v) is 25.4. The minimum Gasteiger partial charge on any atom is -0.497 e. The average Bonchev–Trinajstić information content (AvgIpc) is 3.60. The number of carbonyl (C=O) groups excluding carboxylic acids is 2. The molecule has 0 aliphatic rings. The average molecular weight is 631 g/mol. The number of ether oxygens (including phenoxy) is 2. The van der Waals surface area contributed by atoms with E-state index in [1.807, 2.05) is 6.92 Å². The smallest absolute Gasteiger partial charge is 0.273 e. The van der Waals surface area contributed by atoms with Crippen molar-refractivity contribution in [1.29, 1.82) is 0 Å². The van der Waals surface area contributed by atoms with Crippen molar-refractivity contribution in [2.45, 2.75) is 29.9 Å². The van der Waals surface area contributed by atoms with Gasteiger partial charge in [0, 0.05) is 23.3 Å². The van der Waals surface area contributed by atoms with E-state index < -0.39 is 10.8 Å². The van der Waals surface area contributed by atoms with Crippen LogP contribution in [-0.2, 0) is 11.3 Å². The number of nitro groups is 1. The summed E-state index contributed by atoms with van der Waals surface area (Å²) >= 11 is 3.95. The Morgan fingerprint density at radius 3 is 2.60 bits per heavy atom. The number of methoxy groups -OCH3 is 2. The Morgan fingerprint density at radius 1 is 1.07 bits per heavy atom. The first-order valence-corrected chi connectivity index (χ1v) is 15.1. The number of nitrogens with one attached hydrogen (secondary N) is 2. The molecule has 2 N–H and O–H groups in total. The van der Waals surface area contributed by atoms with Crippen LogP contribution in [0.25, 0.3) is 5.69 Å². The lowest BCUT2D eigenvalue weighted by molar-refractivity contribution is -0.385. The Hall–Kier alpha value is -4.22. The first-order chi connectivity index (χ1) is 20.2. The van der Waals surface area contributed by atoms with E-state index in [1.165, 1.54) is 55.5 Å². The third kappa shape index (κ3) is 7.34. The number of rotatable bonds is 13. The zero-order valence-electron chi connectivity index (χ0n) is 22.9. The third-order valence-corrected chi connectivity index (χ3v) is 8.44. The molecule has 2 aromatic heterocycles. The lowest BCUT2D eigenvalue weighted by Crippen LogP contribution is -2.25. The predicted octanol–water partition coefficient (Wildman–Crippen LogP) is 4.13. The topological polar surface area (TPSA) is 176 Å². The van der Waals surface area contributed by atoms with Gasteiger partial charge in [0.15, 0.2) is 15.3 Å². The standard InChI is InChI=1S/C25H26N8O6S3/c1-5-40-25-31-29-23(42-25)27-21(34)13-41-24-30-28-20(32(24)18-11-16(38-3)8-9-19(18)39-4)12-26-22(35)15-7-6-14(2)17(10-15)33(36)37/h6-11H,5,12-13H2,1-4H3,(H,26,35)(H,27,29,34). The fourth-order valence-electron chi connectivity index (χ4n) is 3.66. The highest BCUT2D eigenvalue weighted by Gasteiger charge is 2.21. The molecular weight excluding hydrogens is 605 g/mol. The number of thioether (sulfide) groups is 2. The van der Waals surface area contributed by atoms with Crippen molar-refractivity contribution in [2.24, 2.45) is 0 Å². The Balaban J connectivity index is 1.58. The normalized spacial score (nSPS) is 10.8. The van der Waals surface area contributed by atoms with Crippen LogP contribution in [0.3, 0.4) is 0 Å². The van der Waals surface area contributed by atoms with Gasteiger partial charge in [-0.15, -0.1) is 20.4 Å². The summed E-state index contributed by atoms with van der Waals surface area (Å²) in [6.07, 6.45) is 0. The molecule has 4 aromatic rings. The van der Waals surface area contributed by atoms with Gasteiger partial charge in [-0.2, -0.15) is 0 Å². The Morgan fingerprint density at radius 2 is 1.88 bits per heavy atom. The van der Waals surface area contributed by atoms with Crippen LogP contribution in [0.2, 0.25) is 0 Å². The molecule has 2 aromatic carbocycles. The van der Waals surface area contributed by atoms with Gasteiger partial charge >= 0.3 is 0 Å². The quantitative estimate of drug-likeness (QED) is 0.0936. The van der Waals surface area contributed by atoms with Gasteiger partial charge in [-0.05, 0) is 30.9 Å². The first kappa shape index (κ1) is 30.7. The van der Waals surface area contributed by atoms with Gasteiger partial charge in [0.2, 0.25) is 11.0 Å². The highest BCUT2D eigenvalue weighted by Crippen LogP contribution is 2.32. The number of nitro benzene ring substituents is 1. The second kappa shape index (κ2) is 14.1. The number of hydrogen-bond acceptors (Lipinski definition) is 13. The molecule has 0 radical (unpaired) electrons. The summed E-state index contributed by atoms with van der Waals surface area (Å²) in [6.45, 7) is 3.52. The number of carbonyl (C=O) groups is 2. The molecule has 0 atom stereocenters. The molecule has 0 fully saturated rings. The summed E-state index contributed by atoms with van der Waals surface area (Å²) in [5, 5.41) is 34.1. The lowest BCUT2D eigenvalue weighted by Gasteiger charge is -2.15. The third-order valence-electron chi connectivity index (χ3n) is 5.66. The van der Waals surface area contributed by atoms with Crippen LogP contribution in [0.5, 0.6) is 11.5 Å². The molecule has 2 heterocycles. The molecule has 0 spiro atoms. The van der Waals surface area contributed by atoms with E-state index in [4.69, 9.17) is 9.47 Å². The van der Waals surface area contributed by atoms with Crippen molar-refractivity contribution in [2.75, 3.05) is 31.0 Å². The second-order valence-corrected chi connectivity index (χ2v) is 11.8. The predicted molar refractivity (Wildman–Crippen MR) is 159 cm³/mol. The molecule has 0 bridgehead atoms. The van der Waals surface area contributed by atoms with Gasteiger partial charge in [0.25, 0.3) is 11.6 Å². The summed E-state index contributed by atoms with van der Waals surface area (Å²) in [6, 6.07) is 9.41. The Labute approximate surface area is 252 Å². The monoisotopic (exact) mass is 630 g/mol. The van der Waals surface area contributed by atoms with Gasteiger partial charge in [-0.1, -0.05) is 47.9 Å². The molecule has 2 amide bonds. The molecule has 0 saturated heterocycles. The van der Waals surface area contributed by atoms with Gasteiger partial charge in [-0.25, -0.2) is 0 Å². The van der Waals surface area contributed by atoms with Crippen molar-refractivity contribution in [1.82, 2.24) is 30.3 Å². The number of aryl methyl sites for hydroxylation is 1. The Kier molecular flexibility index (Phi) is 10.3. The van der Waals surface area contributed by atoms with Crippen LogP contribution in [-0.4, -0.2) is 67.4 Å². The summed E-state index contributed by atoms with van der Waals surface area (Å²) in [4.78, 5) is 36.4. The molecule has 0 saturated carbocycles. The largest absolute Gasteiger partial charge is 0.497 e. The van der Waals surface area contributed by atoms with E-state index in [0.717, 1.165) is 21.9 Å². The molecule has 17 heteroatoms. The number of aromatic nitrogens is 5. The van der Waals surface area contributed by atoms with Gasteiger partial charge in [-0.3, -0.25) is 29.6 Å². The summed E-state index contributed by atoms with van der Waals surface area (Å²) < 4.78 is 13.4. The van der Waals surface area contributed by atoms with Gasteiger partial charge in [0.05, 0.1) is 37.1 Å². The fourth-order valence-corrected chi connectivity index (χ4v) is 6.09. The van der Waals surface area contributed by atoms with Crippen molar-refractivity contribution in [3.8, 4) is 17.2 Å². The molecule has 0 unspecified atom stereocenters. The van der Waals surface area contributed by atoms with E-state index in [2.05, 4.69) is 31.0 Å². The number of hydrogen-bond donors (Lipinski definition) is 2. The van der Waals surface area contributed by atoms with Crippen LogP contribution in [0.1, 0.15) is 28.7 Å². The minimum absolute atomic E-state index is 0.0142. The fraction of sp³-hybridized carbons (Fsp3) is 0.280. The van der Waals surface area contributed by atoms with Crippen LogP contribution in [0.15, 0.2) is 45.9 Å². The van der Waals surface area contributed by atoms with E-state index in [1.54, 1.807) is 29.7 Å². The molecule has 0 aliphatic heterocycles. The number of amides is 2. The van der Waals surface area contributed by atoms with Crippen LogP contribution in [0.4, 0.5) is 10.8 Å². The maximum Gasteiger partial charge on any atom is 0.273 e. The molecule has 0 aliphatic carbocycles. The van der Waals surface area contributed by atoms with Crippen molar-refractivity contribution in [3.63, 3.8) is 0 Å². The van der Waals surface area contributed by atoms with Crippen molar-refractivity contribution >= 4 is 57.5 Å². The van der Waals surface area contributed by atoms with E-state index in [-0.39, 0.29) is 29.5 Å². The maximum absolute atomic E-state index is 12.9. The van der Waals surface area contributed by atoms with Gasteiger partial charge in [0.1, 0.15) is 11.5 Å². The number of nitrogens with zero attached hydrogens (tertiary/aromatic N) is 6. The summed E-state index contributed by atoms with van der Waals surface area (Å²) in [7, 11) is 3.03. The molecular formula is C25H26N8O6S3. The van der Waals surface area contributed by atoms with Crippen molar-refractivity contribution in [3.05, 3.63) is 63.5 Å². The van der Waals surface area contributed by atoms with Crippen LogP contribution >= 0.6 is 34.9 Å². The van der Waals surface area contributed by atoms with Gasteiger partial charge < -0.3 is 14.8 Å². The lowest BCUT2D eigenvalue weighted by atomic mass is 10.1. The molecule has 14 nitrogen and oxygen atoms in total. The first-order valence-electron chi connectivity index (χ1n) is 12.3. The SMILES string of the molecule is CCSc1nnc(NC(=O)CSc2nnc(CNC(=O)c3ccc(C)c([N+](=O)[O-])c3)n2-c2cc(OC)ccc2OC)s1. The Bertz CT molecular complexity index is 1610. The molecule has 4 rings (SSSR count). The molecule has 42 heavy (non-hydrogen) atoms. The number of benzene rings is 2. The number of anilines is 1. The highest BCUT2D eigenvalue weighted by atomic mass is 32.2. The van der Waals surface area contributed by atoms with Crippen molar-refractivity contribution < 1.29 is 24.0 Å². The summed E-state index contributed by atoms with van der Waals surface area (Å²) in [5.74, 6) is 1.31. The van der Waals surface area contributed by atoms with E-state index >= 15 is 0 Å². The van der Waals surface area contributed by atoms with E-state index in [0.29, 0.717) is 38.9 Å². The zero-order chi connectivity index (χ0) is 30.2. The highest BCUT2D eigenvalue weighted by molar-refractivity contribution is 8.01. The second-order valence-electron chi connectivity index (χ2n) is 8.36. The van der Waals surface area contributed by atoms with Crippen LogP contribution in [0, 0.1) is 17.0 Å². The maximum atomic E-state index is 12.9. The van der Waals surface area contributed by atoms with Crippen LogP contribution < -0.4 is 20.1 Å².